The van der Waals surface area contributed by atoms with Crippen molar-refractivity contribution >= 4 is 41.5 Å². The summed E-state index contributed by atoms with van der Waals surface area (Å²) in [7, 11) is 0. The van der Waals surface area contributed by atoms with E-state index in [1.54, 1.807) is 24.4 Å². The van der Waals surface area contributed by atoms with Crippen LogP contribution in [0, 0.1) is 5.82 Å². The molecule has 0 amide bonds. The first-order chi connectivity index (χ1) is 12.6. The summed E-state index contributed by atoms with van der Waals surface area (Å²) >= 11 is 5.81. The summed E-state index contributed by atoms with van der Waals surface area (Å²) in [5.74, 6) is 0.608. The molecule has 0 saturated heterocycles. The number of nitrogens with zero attached hydrogens (tertiary/aromatic N) is 2. The number of guanidine groups is 1. The van der Waals surface area contributed by atoms with E-state index in [1.165, 1.54) is 6.07 Å². The van der Waals surface area contributed by atoms with Crippen molar-refractivity contribution in [2.45, 2.75) is 31.6 Å². The van der Waals surface area contributed by atoms with Gasteiger partial charge in [0.1, 0.15) is 11.0 Å². The van der Waals surface area contributed by atoms with Crippen LogP contribution < -0.4 is 10.6 Å². The molecule has 0 aliphatic heterocycles. The molecular formula is C20H25ClFIN4. The molecule has 1 aliphatic carbocycles. The number of hydrogen-bond acceptors (Lipinski definition) is 2. The molecule has 0 spiro atoms. The standard InChI is InChI=1S/C20H24ClFN4.HI/c1-2-23-19(24-11-8-15-6-7-18(21)25-13-15)26-14-20(9-10-20)16-4-3-5-17(22)12-16;/h3-7,12-13H,2,8-11,14H2,1H3,(H2,23,24,26);1H. The van der Waals surface area contributed by atoms with Crippen LogP contribution in [0.4, 0.5) is 4.39 Å². The Labute approximate surface area is 182 Å². The molecule has 0 radical (unpaired) electrons. The SMILES string of the molecule is CCNC(=NCC1(c2cccc(F)c2)CC1)NCCc1ccc(Cl)nc1.I. The molecule has 146 valence electrons. The Morgan fingerprint density at radius 2 is 2.07 bits per heavy atom. The molecular weight excluding hydrogens is 478 g/mol. The molecule has 1 aromatic carbocycles. The topological polar surface area (TPSA) is 49.3 Å². The van der Waals surface area contributed by atoms with Crippen molar-refractivity contribution in [3.63, 3.8) is 0 Å². The summed E-state index contributed by atoms with van der Waals surface area (Å²) in [6, 6.07) is 10.7. The Balaban J connectivity index is 0.00000261. The molecule has 1 aliphatic rings. The summed E-state index contributed by atoms with van der Waals surface area (Å²) in [6.07, 6.45) is 4.73. The second-order valence-electron chi connectivity index (χ2n) is 6.65. The molecule has 1 saturated carbocycles. The monoisotopic (exact) mass is 502 g/mol. The fourth-order valence-electron chi connectivity index (χ4n) is 2.96. The number of hydrogen-bond donors (Lipinski definition) is 2. The Hall–Kier alpha value is -1.41. The molecule has 0 bridgehead atoms. The molecule has 1 fully saturated rings. The number of aliphatic imine (C=N–C) groups is 1. The van der Waals surface area contributed by atoms with E-state index in [-0.39, 0.29) is 35.2 Å². The lowest BCUT2D eigenvalue weighted by molar-refractivity contribution is 0.615. The average molecular weight is 503 g/mol. The zero-order valence-corrected chi connectivity index (χ0v) is 18.4. The van der Waals surface area contributed by atoms with Crippen molar-refractivity contribution < 1.29 is 4.39 Å². The first-order valence-electron chi connectivity index (χ1n) is 9.00. The average Bonchev–Trinajstić information content (AvgIpc) is 3.43. The van der Waals surface area contributed by atoms with Crippen LogP contribution >= 0.6 is 35.6 Å². The quantitative estimate of drug-likeness (QED) is 0.257. The van der Waals surface area contributed by atoms with Crippen molar-refractivity contribution in [2.75, 3.05) is 19.6 Å². The first-order valence-corrected chi connectivity index (χ1v) is 9.38. The molecule has 0 atom stereocenters. The van der Waals surface area contributed by atoms with Gasteiger partial charge in [0, 0.05) is 24.7 Å². The van der Waals surface area contributed by atoms with E-state index in [1.807, 2.05) is 19.1 Å². The summed E-state index contributed by atoms with van der Waals surface area (Å²) < 4.78 is 13.5. The Morgan fingerprint density at radius 1 is 1.26 bits per heavy atom. The minimum Gasteiger partial charge on any atom is -0.357 e. The predicted octanol–water partition coefficient (Wildman–Crippen LogP) is 4.32. The molecule has 3 rings (SSSR count). The maximum absolute atomic E-state index is 13.5. The molecule has 0 unspecified atom stereocenters. The molecule has 27 heavy (non-hydrogen) atoms. The Morgan fingerprint density at radius 3 is 2.70 bits per heavy atom. The zero-order chi connectivity index (χ0) is 18.4. The van der Waals surface area contributed by atoms with Crippen molar-refractivity contribution in [1.29, 1.82) is 0 Å². The normalized spacial score (nSPS) is 15.0. The minimum atomic E-state index is -0.181. The molecule has 1 aromatic heterocycles. The van der Waals surface area contributed by atoms with Gasteiger partial charge in [0.2, 0.25) is 0 Å². The highest BCUT2D eigenvalue weighted by atomic mass is 127. The zero-order valence-electron chi connectivity index (χ0n) is 15.3. The third-order valence-corrected chi connectivity index (χ3v) is 4.89. The second-order valence-corrected chi connectivity index (χ2v) is 7.04. The molecule has 4 nitrogen and oxygen atoms in total. The number of pyridine rings is 1. The van der Waals surface area contributed by atoms with Gasteiger partial charge in [-0.05, 0) is 55.5 Å². The highest BCUT2D eigenvalue weighted by molar-refractivity contribution is 14.0. The lowest BCUT2D eigenvalue weighted by Gasteiger charge is -2.16. The number of aromatic nitrogens is 1. The van der Waals surface area contributed by atoms with Crippen LogP contribution in [0.2, 0.25) is 5.15 Å². The van der Waals surface area contributed by atoms with Gasteiger partial charge in [-0.3, -0.25) is 4.99 Å². The Bertz CT molecular complexity index is 763. The van der Waals surface area contributed by atoms with Crippen molar-refractivity contribution in [3.05, 3.63) is 64.7 Å². The van der Waals surface area contributed by atoms with Gasteiger partial charge >= 0.3 is 0 Å². The van der Waals surface area contributed by atoms with Crippen molar-refractivity contribution in [3.8, 4) is 0 Å². The van der Waals surface area contributed by atoms with Gasteiger partial charge in [-0.2, -0.15) is 0 Å². The predicted molar refractivity (Wildman–Crippen MR) is 120 cm³/mol. The lowest BCUT2D eigenvalue weighted by atomic mass is 9.96. The van der Waals surface area contributed by atoms with Crippen LogP contribution in [0.5, 0.6) is 0 Å². The van der Waals surface area contributed by atoms with E-state index in [4.69, 9.17) is 16.6 Å². The van der Waals surface area contributed by atoms with Crippen LogP contribution in [-0.4, -0.2) is 30.6 Å². The van der Waals surface area contributed by atoms with E-state index in [0.29, 0.717) is 11.7 Å². The van der Waals surface area contributed by atoms with Gasteiger partial charge in [0.05, 0.1) is 6.54 Å². The fraction of sp³-hybridized carbons (Fsp3) is 0.400. The van der Waals surface area contributed by atoms with E-state index < -0.39 is 0 Å². The van der Waals surface area contributed by atoms with Crippen LogP contribution in [0.3, 0.4) is 0 Å². The molecule has 2 N–H and O–H groups in total. The Kier molecular flexibility index (Phi) is 8.28. The van der Waals surface area contributed by atoms with E-state index >= 15 is 0 Å². The van der Waals surface area contributed by atoms with Gasteiger partial charge in [-0.1, -0.05) is 29.8 Å². The van der Waals surface area contributed by atoms with E-state index in [2.05, 4.69) is 15.6 Å². The van der Waals surface area contributed by atoms with Crippen molar-refractivity contribution in [1.82, 2.24) is 15.6 Å². The highest BCUT2D eigenvalue weighted by Gasteiger charge is 2.44. The van der Waals surface area contributed by atoms with E-state index in [0.717, 1.165) is 49.4 Å². The molecule has 2 aromatic rings. The summed E-state index contributed by atoms with van der Waals surface area (Å²) in [6.45, 7) is 4.25. The van der Waals surface area contributed by atoms with Gasteiger partial charge in [0.25, 0.3) is 0 Å². The molecule has 1 heterocycles. The number of halogens is 3. The van der Waals surface area contributed by atoms with Crippen LogP contribution in [0.1, 0.15) is 30.9 Å². The van der Waals surface area contributed by atoms with Gasteiger partial charge in [0.15, 0.2) is 5.96 Å². The second kappa shape index (κ2) is 10.2. The third-order valence-electron chi connectivity index (χ3n) is 4.67. The smallest absolute Gasteiger partial charge is 0.191 e. The maximum Gasteiger partial charge on any atom is 0.191 e. The fourth-order valence-corrected chi connectivity index (χ4v) is 3.07. The molecule has 7 heteroatoms. The summed E-state index contributed by atoms with van der Waals surface area (Å²) in [4.78, 5) is 8.83. The number of rotatable bonds is 7. The van der Waals surface area contributed by atoms with Crippen LogP contribution in [0.25, 0.3) is 0 Å². The lowest BCUT2D eigenvalue weighted by Crippen LogP contribution is -2.39. The van der Waals surface area contributed by atoms with E-state index in [9.17, 15) is 4.39 Å². The third kappa shape index (κ3) is 6.31. The van der Waals surface area contributed by atoms with Gasteiger partial charge in [-0.25, -0.2) is 9.37 Å². The van der Waals surface area contributed by atoms with Gasteiger partial charge < -0.3 is 10.6 Å². The number of nitrogens with one attached hydrogen (secondary N) is 2. The maximum atomic E-state index is 13.5. The largest absolute Gasteiger partial charge is 0.357 e. The summed E-state index contributed by atoms with van der Waals surface area (Å²) in [5, 5.41) is 7.12. The minimum absolute atomic E-state index is 0. The van der Waals surface area contributed by atoms with Crippen LogP contribution in [-0.2, 0) is 11.8 Å². The first kappa shape index (κ1) is 21.9. The van der Waals surface area contributed by atoms with Crippen molar-refractivity contribution in [2.24, 2.45) is 4.99 Å². The summed E-state index contributed by atoms with van der Waals surface area (Å²) in [5.41, 5.74) is 2.16. The van der Waals surface area contributed by atoms with Gasteiger partial charge in [-0.15, -0.1) is 24.0 Å². The number of benzene rings is 1. The van der Waals surface area contributed by atoms with Crippen LogP contribution in [0.15, 0.2) is 47.6 Å². The highest BCUT2D eigenvalue weighted by Crippen LogP contribution is 2.48.